The molecule has 1 rings (SSSR count). The summed E-state index contributed by atoms with van der Waals surface area (Å²) in [7, 11) is 0. The molecule has 1 atom stereocenters. The first-order valence-corrected chi connectivity index (χ1v) is 5.32. The van der Waals surface area contributed by atoms with Gasteiger partial charge in [0.1, 0.15) is 5.82 Å². The van der Waals surface area contributed by atoms with Crippen LogP contribution in [0.15, 0.2) is 12.1 Å². The average Bonchev–Trinajstić information content (AvgIpc) is 2.33. The molecule has 1 amide bonds. The lowest BCUT2D eigenvalue weighted by molar-refractivity contribution is 0.0932. The van der Waals surface area contributed by atoms with Gasteiger partial charge in [0.05, 0.1) is 18.1 Å². The minimum absolute atomic E-state index is 0.0630. The van der Waals surface area contributed by atoms with Crippen LogP contribution in [0.4, 0.5) is 13.2 Å². The van der Waals surface area contributed by atoms with Crippen molar-refractivity contribution in [1.82, 2.24) is 5.32 Å². The molecular formula is C12H11F3N2O. The number of rotatable bonds is 4. The first kappa shape index (κ1) is 14.0. The lowest BCUT2D eigenvalue weighted by atomic mass is 10.1. The van der Waals surface area contributed by atoms with Crippen molar-refractivity contribution in [3.8, 4) is 6.07 Å². The standard InChI is InChI=1S/C12H11F3N2O/c1-2-7(3-4-16)17-12(18)8-5-10(14)11(15)6-9(8)13/h5-7H,2-3H2,1H3,(H,17,18). The van der Waals surface area contributed by atoms with Crippen LogP contribution in [0.3, 0.4) is 0 Å². The maximum absolute atomic E-state index is 13.3. The molecule has 0 bridgehead atoms. The molecule has 0 aromatic heterocycles. The van der Waals surface area contributed by atoms with E-state index in [1.165, 1.54) is 0 Å². The summed E-state index contributed by atoms with van der Waals surface area (Å²) in [5, 5.41) is 10.9. The molecule has 18 heavy (non-hydrogen) atoms. The van der Waals surface area contributed by atoms with Gasteiger partial charge in [-0.05, 0) is 12.5 Å². The Balaban J connectivity index is 2.91. The fraction of sp³-hybridized carbons (Fsp3) is 0.333. The summed E-state index contributed by atoms with van der Waals surface area (Å²) in [4.78, 5) is 11.6. The van der Waals surface area contributed by atoms with Crippen molar-refractivity contribution >= 4 is 5.91 Å². The predicted molar refractivity (Wildman–Crippen MR) is 58.1 cm³/mol. The highest BCUT2D eigenvalue weighted by Gasteiger charge is 2.18. The molecule has 0 aliphatic heterocycles. The van der Waals surface area contributed by atoms with Crippen molar-refractivity contribution in [3.05, 3.63) is 35.1 Å². The summed E-state index contributed by atoms with van der Waals surface area (Å²) in [5.74, 6) is -4.66. The topological polar surface area (TPSA) is 52.9 Å². The van der Waals surface area contributed by atoms with Crippen LogP contribution in [-0.2, 0) is 0 Å². The van der Waals surface area contributed by atoms with Crippen LogP contribution >= 0.6 is 0 Å². The van der Waals surface area contributed by atoms with E-state index in [4.69, 9.17) is 5.26 Å². The molecule has 0 saturated carbocycles. The normalized spacial score (nSPS) is 11.7. The number of amides is 1. The second kappa shape index (κ2) is 6.05. The second-order valence-electron chi connectivity index (χ2n) is 3.69. The summed E-state index contributed by atoms with van der Waals surface area (Å²) in [6, 6.07) is 2.23. The highest BCUT2D eigenvalue weighted by molar-refractivity contribution is 5.94. The van der Waals surface area contributed by atoms with E-state index in [-0.39, 0.29) is 6.42 Å². The lowest BCUT2D eigenvalue weighted by Crippen LogP contribution is -2.34. The number of carbonyl (C=O) groups is 1. The monoisotopic (exact) mass is 256 g/mol. The Labute approximate surface area is 102 Å². The van der Waals surface area contributed by atoms with Crippen molar-refractivity contribution in [3.63, 3.8) is 0 Å². The van der Waals surface area contributed by atoms with Gasteiger partial charge in [-0.15, -0.1) is 0 Å². The summed E-state index contributed by atoms with van der Waals surface area (Å²) in [5.41, 5.74) is -0.578. The number of halogens is 3. The second-order valence-corrected chi connectivity index (χ2v) is 3.69. The fourth-order valence-corrected chi connectivity index (χ4v) is 1.37. The average molecular weight is 256 g/mol. The number of benzene rings is 1. The molecule has 1 N–H and O–H groups in total. The van der Waals surface area contributed by atoms with Gasteiger partial charge >= 0.3 is 0 Å². The summed E-state index contributed by atoms with van der Waals surface area (Å²) < 4.78 is 38.9. The zero-order chi connectivity index (χ0) is 13.7. The van der Waals surface area contributed by atoms with Gasteiger partial charge in [-0.3, -0.25) is 4.79 Å². The van der Waals surface area contributed by atoms with E-state index in [1.54, 1.807) is 6.92 Å². The van der Waals surface area contributed by atoms with Crippen molar-refractivity contribution in [2.75, 3.05) is 0 Å². The van der Waals surface area contributed by atoms with Gasteiger partial charge in [-0.2, -0.15) is 5.26 Å². The van der Waals surface area contributed by atoms with E-state index >= 15 is 0 Å². The SMILES string of the molecule is CCC(CC#N)NC(=O)c1cc(F)c(F)cc1F. The van der Waals surface area contributed by atoms with Crippen LogP contribution in [0.5, 0.6) is 0 Å². The number of hydrogen-bond acceptors (Lipinski definition) is 2. The highest BCUT2D eigenvalue weighted by atomic mass is 19.2. The summed E-state index contributed by atoms with van der Waals surface area (Å²) >= 11 is 0. The molecule has 0 heterocycles. The maximum Gasteiger partial charge on any atom is 0.254 e. The first-order chi connectivity index (χ1) is 8.49. The van der Waals surface area contributed by atoms with Crippen molar-refractivity contribution in [2.45, 2.75) is 25.8 Å². The summed E-state index contributed by atoms with van der Waals surface area (Å²) in [6.07, 6.45) is 0.540. The van der Waals surface area contributed by atoms with E-state index in [9.17, 15) is 18.0 Å². The molecule has 0 saturated heterocycles. The molecule has 0 aliphatic carbocycles. The molecule has 96 valence electrons. The van der Waals surface area contributed by atoms with E-state index in [1.807, 2.05) is 6.07 Å². The minimum atomic E-state index is -1.35. The van der Waals surface area contributed by atoms with Gasteiger partial charge < -0.3 is 5.32 Å². The molecule has 0 radical (unpaired) electrons. The number of nitrogens with zero attached hydrogens (tertiary/aromatic N) is 1. The van der Waals surface area contributed by atoms with Gasteiger partial charge in [0, 0.05) is 12.1 Å². The zero-order valence-corrected chi connectivity index (χ0v) is 9.64. The van der Waals surface area contributed by atoms with Crippen LogP contribution in [0, 0.1) is 28.8 Å². The molecule has 1 aromatic rings. The van der Waals surface area contributed by atoms with Crippen LogP contribution < -0.4 is 5.32 Å². The Morgan fingerprint density at radius 1 is 1.33 bits per heavy atom. The third kappa shape index (κ3) is 3.23. The molecule has 6 heteroatoms. The van der Waals surface area contributed by atoms with Crippen LogP contribution in [-0.4, -0.2) is 11.9 Å². The Kier molecular flexibility index (Phi) is 4.72. The Morgan fingerprint density at radius 3 is 2.50 bits per heavy atom. The number of nitrogens with one attached hydrogen (secondary N) is 1. The van der Waals surface area contributed by atoms with Crippen LogP contribution in [0.25, 0.3) is 0 Å². The van der Waals surface area contributed by atoms with E-state index < -0.39 is 35.0 Å². The largest absolute Gasteiger partial charge is 0.348 e. The lowest BCUT2D eigenvalue weighted by Gasteiger charge is -2.13. The quantitative estimate of drug-likeness (QED) is 0.841. The fourth-order valence-electron chi connectivity index (χ4n) is 1.37. The van der Waals surface area contributed by atoms with Crippen LogP contribution in [0.2, 0.25) is 0 Å². The van der Waals surface area contributed by atoms with Crippen LogP contribution in [0.1, 0.15) is 30.1 Å². The number of carbonyl (C=O) groups excluding carboxylic acids is 1. The molecule has 1 aromatic carbocycles. The van der Waals surface area contributed by atoms with Gasteiger partial charge in [-0.25, -0.2) is 13.2 Å². The van der Waals surface area contributed by atoms with E-state index in [0.29, 0.717) is 18.6 Å². The Bertz CT molecular complexity index is 497. The third-order valence-corrected chi connectivity index (χ3v) is 2.42. The third-order valence-electron chi connectivity index (χ3n) is 2.42. The Hall–Kier alpha value is -2.03. The molecule has 0 aliphatic rings. The van der Waals surface area contributed by atoms with Gasteiger partial charge in [-0.1, -0.05) is 6.92 Å². The molecule has 3 nitrogen and oxygen atoms in total. The molecular weight excluding hydrogens is 245 g/mol. The maximum atomic E-state index is 13.3. The van der Waals surface area contributed by atoms with Gasteiger partial charge in [0.2, 0.25) is 0 Å². The number of nitriles is 1. The highest BCUT2D eigenvalue weighted by Crippen LogP contribution is 2.14. The Morgan fingerprint density at radius 2 is 1.94 bits per heavy atom. The van der Waals surface area contributed by atoms with Gasteiger partial charge in [0.25, 0.3) is 5.91 Å². The first-order valence-electron chi connectivity index (χ1n) is 5.32. The smallest absolute Gasteiger partial charge is 0.254 e. The zero-order valence-electron chi connectivity index (χ0n) is 9.64. The van der Waals surface area contributed by atoms with Crippen molar-refractivity contribution in [1.29, 1.82) is 5.26 Å². The van der Waals surface area contributed by atoms with Crippen molar-refractivity contribution < 1.29 is 18.0 Å². The van der Waals surface area contributed by atoms with Crippen molar-refractivity contribution in [2.24, 2.45) is 0 Å². The summed E-state index contributed by atoms with van der Waals surface area (Å²) in [6.45, 7) is 1.74. The minimum Gasteiger partial charge on any atom is -0.348 e. The predicted octanol–water partition coefficient (Wildman–Crippen LogP) is 2.53. The van der Waals surface area contributed by atoms with Gasteiger partial charge in [0.15, 0.2) is 11.6 Å². The van der Waals surface area contributed by atoms with E-state index in [2.05, 4.69) is 5.32 Å². The number of hydrogen-bond donors (Lipinski definition) is 1. The molecule has 1 unspecified atom stereocenters. The molecule has 0 fully saturated rings. The molecule has 0 spiro atoms. The van der Waals surface area contributed by atoms with E-state index in [0.717, 1.165) is 0 Å².